The molecule has 5 rings (SSSR count). The molecular formula is C26H20N4O3S. The molecule has 0 atom stereocenters. The van der Waals surface area contributed by atoms with E-state index in [9.17, 15) is 4.79 Å². The van der Waals surface area contributed by atoms with Crippen LogP contribution >= 0.6 is 11.8 Å². The summed E-state index contributed by atoms with van der Waals surface area (Å²) in [4.78, 5) is 12.8. The van der Waals surface area contributed by atoms with E-state index >= 15 is 0 Å². The maximum atomic E-state index is 12.8. The fraction of sp³-hybridized carbons (Fsp3) is 0.0385. The smallest absolute Gasteiger partial charge is 0.234 e. The minimum atomic E-state index is -0.184. The highest BCUT2D eigenvalue weighted by molar-refractivity contribution is 7.99. The van der Waals surface area contributed by atoms with Crippen molar-refractivity contribution in [2.75, 3.05) is 11.1 Å². The maximum Gasteiger partial charge on any atom is 0.234 e. The van der Waals surface area contributed by atoms with Crippen molar-refractivity contribution in [1.82, 2.24) is 14.8 Å². The summed E-state index contributed by atoms with van der Waals surface area (Å²) in [7, 11) is 0. The van der Waals surface area contributed by atoms with Gasteiger partial charge < -0.3 is 14.5 Å². The number of nitrogens with one attached hydrogen (secondary N) is 1. The number of amides is 1. The van der Waals surface area contributed by atoms with Gasteiger partial charge in [0.05, 0.1) is 17.7 Å². The molecule has 0 fully saturated rings. The van der Waals surface area contributed by atoms with E-state index in [0.717, 1.165) is 5.69 Å². The zero-order chi connectivity index (χ0) is 23.2. The summed E-state index contributed by atoms with van der Waals surface area (Å²) < 4.78 is 13.4. The first kappa shape index (κ1) is 21.5. The van der Waals surface area contributed by atoms with E-state index in [1.165, 1.54) is 11.8 Å². The second-order valence-electron chi connectivity index (χ2n) is 7.20. The molecule has 0 radical (unpaired) electrons. The van der Waals surface area contributed by atoms with Crippen molar-refractivity contribution < 1.29 is 13.9 Å². The number of para-hydroxylation sites is 4. The van der Waals surface area contributed by atoms with Crippen molar-refractivity contribution in [1.29, 1.82) is 0 Å². The Morgan fingerprint density at radius 1 is 0.882 bits per heavy atom. The normalized spacial score (nSPS) is 10.7. The molecule has 0 aliphatic rings. The molecule has 1 N–H and O–H groups in total. The quantitative estimate of drug-likeness (QED) is 0.279. The largest absolute Gasteiger partial charge is 0.461 e. The van der Waals surface area contributed by atoms with E-state index < -0.39 is 0 Å². The van der Waals surface area contributed by atoms with Gasteiger partial charge in [0.2, 0.25) is 11.7 Å². The number of carbonyl (C=O) groups excluding carboxylic acids is 1. The van der Waals surface area contributed by atoms with Crippen LogP contribution in [0.2, 0.25) is 0 Å². The lowest BCUT2D eigenvalue weighted by Crippen LogP contribution is -2.15. The Kier molecular flexibility index (Phi) is 6.40. The molecule has 0 saturated carbocycles. The maximum absolute atomic E-state index is 12.8. The summed E-state index contributed by atoms with van der Waals surface area (Å²) in [5.41, 5.74) is 1.47. The molecule has 0 bridgehead atoms. The highest BCUT2D eigenvalue weighted by Gasteiger charge is 2.19. The SMILES string of the molecule is O=C(CSc1nnc(-c2ccco2)n1-c1ccccc1)Nc1ccccc1Oc1ccccc1. The number of ether oxygens (including phenoxy) is 1. The predicted molar refractivity (Wildman–Crippen MR) is 131 cm³/mol. The molecule has 168 valence electrons. The molecule has 2 aromatic heterocycles. The van der Waals surface area contributed by atoms with E-state index in [4.69, 9.17) is 9.15 Å². The average Bonchev–Trinajstić information content (AvgIpc) is 3.55. The Bertz CT molecular complexity index is 1370. The van der Waals surface area contributed by atoms with Gasteiger partial charge in [-0.3, -0.25) is 9.36 Å². The molecule has 0 saturated heterocycles. The third-order valence-corrected chi connectivity index (χ3v) is 5.78. The molecule has 0 unspecified atom stereocenters. The van der Waals surface area contributed by atoms with E-state index in [-0.39, 0.29) is 11.7 Å². The predicted octanol–water partition coefficient (Wildman–Crippen LogP) is 6.05. The Balaban J connectivity index is 1.32. The fourth-order valence-electron chi connectivity index (χ4n) is 3.33. The van der Waals surface area contributed by atoms with Crippen LogP contribution in [-0.2, 0) is 4.79 Å². The second kappa shape index (κ2) is 10.1. The first-order valence-corrected chi connectivity index (χ1v) is 11.6. The van der Waals surface area contributed by atoms with Crippen molar-refractivity contribution in [3.05, 3.63) is 103 Å². The van der Waals surface area contributed by atoms with Crippen LogP contribution < -0.4 is 10.1 Å². The van der Waals surface area contributed by atoms with Crippen molar-refractivity contribution in [3.63, 3.8) is 0 Å². The van der Waals surface area contributed by atoms with Crippen LogP contribution in [0, 0.1) is 0 Å². The third kappa shape index (κ3) is 4.87. The van der Waals surface area contributed by atoms with Gasteiger partial charge in [0.25, 0.3) is 0 Å². The second-order valence-corrected chi connectivity index (χ2v) is 8.15. The number of rotatable bonds is 8. The lowest BCUT2D eigenvalue weighted by atomic mass is 10.3. The van der Waals surface area contributed by atoms with E-state index in [2.05, 4.69) is 15.5 Å². The fourth-order valence-corrected chi connectivity index (χ4v) is 4.08. The van der Waals surface area contributed by atoms with E-state index in [1.54, 1.807) is 12.3 Å². The van der Waals surface area contributed by atoms with Gasteiger partial charge in [-0.1, -0.05) is 60.3 Å². The third-order valence-electron chi connectivity index (χ3n) is 4.85. The highest BCUT2D eigenvalue weighted by atomic mass is 32.2. The number of nitrogens with zero attached hydrogens (tertiary/aromatic N) is 3. The molecule has 0 aliphatic carbocycles. The molecule has 5 aromatic rings. The number of carbonyl (C=O) groups is 1. The number of furan rings is 1. The molecule has 34 heavy (non-hydrogen) atoms. The van der Waals surface area contributed by atoms with Crippen LogP contribution in [0.1, 0.15) is 0 Å². The minimum Gasteiger partial charge on any atom is -0.461 e. The van der Waals surface area contributed by atoms with Gasteiger partial charge in [0.1, 0.15) is 5.75 Å². The summed E-state index contributed by atoms with van der Waals surface area (Å²) in [5.74, 6) is 2.39. The number of benzene rings is 3. The molecule has 0 spiro atoms. The Labute approximate surface area is 200 Å². The van der Waals surface area contributed by atoms with Crippen molar-refractivity contribution >= 4 is 23.4 Å². The van der Waals surface area contributed by atoms with Gasteiger partial charge in [0, 0.05) is 5.69 Å². The molecule has 1 amide bonds. The molecule has 7 nitrogen and oxygen atoms in total. The molecule has 0 aliphatic heterocycles. The Morgan fingerprint density at radius 2 is 1.62 bits per heavy atom. The van der Waals surface area contributed by atoms with E-state index in [0.29, 0.717) is 33.9 Å². The lowest BCUT2D eigenvalue weighted by molar-refractivity contribution is -0.113. The van der Waals surface area contributed by atoms with Gasteiger partial charge >= 0.3 is 0 Å². The van der Waals surface area contributed by atoms with Crippen molar-refractivity contribution in [2.24, 2.45) is 0 Å². The number of anilines is 1. The van der Waals surface area contributed by atoms with Crippen molar-refractivity contribution in [3.8, 4) is 28.8 Å². The Morgan fingerprint density at radius 3 is 2.38 bits per heavy atom. The Hall–Kier alpha value is -4.30. The zero-order valence-corrected chi connectivity index (χ0v) is 18.8. The van der Waals surface area contributed by atoms with Crippen LogP contribution in [0.25, 0.3) is 17.3 Å². The standard InChI is InChI=1S/C26H20N4O3S/c31-24(27-21-14-7-8-15-22(21)33-20-12-5-2-6-13-20)18-34-26-29-28-25(23-16-9-17-32-23)30(26)19-10-3-1-4-11-19/h1-17H,18H2,(H,27,31). The van der Waals surface area contributed by atoms with Crippen molar-refractivity contribution in [2.45, 2.75) is 5.16 Å². The molecule has 3 aromatic carbocycles. The minimum absolute atomic E-state index is 0.142. The number of aromatic nitrogens is 3. The molecule has 2 heterocycles. The number of hydrogen-bond acceptors (Lipinski definition) is 6. The molecular weight excluding hydrogens is 448 g/mol. The van der Waals surface area contributed by atoms with Gasteiger partial charge in [0.15, 0.2) is 16.7 Å². The zero-order valence-electron chi connectivity index (χ0n) is 18.0. The summed E-state index contributed by atoms with van der Waals surface area (Å²) in [5, 5.41) is 12.1. The van der Waals surface area contributed by atoms with Gasteiger partial charge in [-0.25, -0.2) is 0 Å². The summed E-state index contributed by atoms with van der Waals surface area (Å²) >= 11 is 1.29. The molecule has 8 heteroatoms. The topological polar surface area (TPSA) is 82.2 Å². The highest BCUT2D eigenvalue weighted by Crippen LogP contribution is 2.31. The summed E-state index contributed by atoms with van der Waals surface area (Å²) in [6.45, 7) is 0. The number of thioether (sulfide) groups is 1. The first-order valence-electron chi connectivity index (χ1n) is 10.6. The average molecular weight is 469 g/mol. The van der Waals surface area contributed by atoms with E-state index in [1.807, 2.05) is 95.6 Å². The summed E-state index contributed by atoms with van der Waals surface area (Å²) in [6.07, 6.45) is 1.59. The summed E-state index contributed by atoms with van der Waals surface area (Å²) in [6, 6.07) is 30.1. The lowest BCUT2D eigenvalue weighted by Gasteiger charge is -2.12. The van der Waals surface area contributed by atoms with Crippen LogP contribution in [-0.4, -0.2) is 26.4 Å². The van der Waals surface area contributed by atoms with Crippen LogP contribution in [0.15, 0.2) is 113 Å². The van der Waals surface area contributed by atoms with Gasteiger partial charge in [-0.15, -0.1) is 10.2 Å². The number of hydrogen-bond donors (Lipinski definition) is 1. The monoisotopic (exact) mass is 468 g/mol. The van der Waals surface area contributed by atoms with Gasteiger partial charge in [-0.05, 0) is 48.5 Å². The first-order chi connectivity index (χ1) is 16.8. The van der Waals surface area contributed by atoms with Crippen LogP contribution in [0.3, 0.4) is 0 Å². The van der Waals surface area contributed by atoms with Gasteiger partial charge in [-0.2, -0.15) is 0 Å². The van der Waals surface area contributed by atoms with Crippen LogP contribution in [0.4, 0.5) is 5.69 Å². The van der Waals surface area contributed by atoms with Crippen LogP contribution in [0.5, 0.6) is 11.5 Å².